The highest BCUT2D eigenvalue weighted by atomic mass is 15.1. The van der Waals surface area contributed by atoms with Crippen molar-refractivity contribution in [1.82, 2.24) is 10.2 Å². The van der Waals surface area contributed by atoms with E-state index >= 15 is 0 Å². The van der Waals surface area contributed by atoms with Gasteiger partial charge in [0.25, 0.3) is 0 Å². The first-order valence-corrected chi connectivity index (χ1v) is 8.64. The summed E-state index contributed by atoms with van der Waals surface area (Å²) in [6.45, 7) is 15.8. The van der Waals surface area contributed by atoms with Crippen molar-refractivity contribution >= 4 is 0 Å². The van der Waals surface area contributed by atoms with Crippen LogP contribution in [0.15, 0.2) is 18.2 Å². The molecule has 0 amide bonds. The molecule has 2 heteroatoms. The van der Waals surface area contributed by atoms with Crippen LogP contribution in [0.2, 0.25) is 0 Å². The van der Waals surface area contributed by atoms with Gasteiger partial charge in [0, 0.05) is 12.6 Å². The molecule has 1 unspecified atom stereocenters. The average molecular weight is 290 g/mol. The molecule has 0 radical (unpaired) electrons. The smallest absolute Gasteiger partial charge is 0.0449 e. The maximum Gasteiger partial charge on any atom is 0.0449 e. The predicted octanol–water partition coefficient (Wildman–Crippen LogP) is 4.47. The van der Waals surface area contributed by atoms with Gasteiger partial charge in [0.05, 0.1) is 0 Å². The van der Waals surface area contributed by atoms with Gasteiger partial charge in [-0.15, -0.1) is 0 Å². The summed E-state index contributed by atoms with van der Waals surface area (Å²) in [4.78, 5) is 2.60. The third kappa shape index (κ3) is 6.62. The van der Waals surface area contributed by atoms with Gasteiger partial charge in [-0.05, 0) is 58.3 Å². The van der Waals surface area contributed by atoms with Crippen LogP contribution >= 0.6 is 0 Å². The number of aryl methyl sites for hydroxylation is 2. The zero-order valence-corrected chi connectivity index (χ0v) is 14.7. The average Bonchev–Trinajstić information content (AvgIpc) is 2.42. The van der Waals surface area contributed by atoms with Crippen LogP contribution in [-0.2, 0) is 0 Å². The molecule has 0 saturated carbocycles. The molecule has 0 aliphatic rings. The highest BCUT2D eigenvalue weighted by Crippen LogP contribution is 2.19. The van der Waals surface area contributed by atoms with Gasteiger partial charge in [-0.2, -0.15) is 0 Å². The lowest BCUT2D eigenvalue weighted by Crippen LogP contribution is -2.36. The van der Waals surface area contributed by atoms with Crippen molar-refractivity contribution < 1.29 is 0 Å². The van der Waals surface area contributed by atoms with E-state index in [1.807, 2.05) is 0 Å². The summed E-state index contributed by atoms with van der Waals surface area (Å²) in [5, 5.41) is 3.75. The summed E-state index contributed by atoms with van der Waals surface area (Å²) in [7, 11) is 0. The van der Waals surface area contributed by atoms with Gasteiger partial charge in [-0.3, -0.25) is 0 Å². The maximum absolute atomic E-state index is 3.75. The van der Waals surface area contributed by atoms with Crippen LogP contribution in [0.5, 0.6) is 0 Å². The van der Waals surface area contributed by atoms with Gasteiger partial charge in [-0.1, -0.05) is 50.1 Å². The van der Waals surface area contributed by atoms with Gasteiger partial charge in [0.1, 0.15) is 0 Å². The largest absolute Gasteiger partial charge is 0.309 e. The quantitative estimate of drug-likeness (QED) is 0.684. The number of benzene rings is 1. The van der Waals surface area contributed by atoms with Crippen molar-refractivity contribution in [2.24, 2.45) is 0 Å². The predicted molar refractivity (Wildman–Crippen MR) is 94.0 cm³/mol. The van der Waals surface area contributed by atoms with E-state index in [2.05, 4.69) is 63.0 Å². The molecule has 0 fully saturated rings. The van der Waals surface area contributed by atoms with Crippen LogP contribution in [0.3, 0.4) is 0 Å². The lowest BCUT2D eigenvalue weighted by Gasteiger charge is -2.28. The van der Waals surface area contributed by atoms with Crippen LogP contribution in [0.1, 0.15) is 62.8 Å². The second-order valence-corrected chi connectivity index (χ2v) is 6.23. The molecule has 120 valence electrons. The molecular weight excluding hydrogens is 256 g/mol. The second-order valence-electron chi connectivity index (χ2n) is 6.23. The third-order valence-corrected chi connectivity index (χ3v) is 3.81. The Morgan fingerprint density at radius 2 is 1.48 bits per heavy atom. The van der Waals surface area contributed by atoms with Crippen molar-refractivity contribution in [2.75, 3.05) is 26.2 Å². The Labute approximate surface area is 131 Å². The Morgan fingerprint density at radius 1 is 0.905 bits per heavy atom. The molecule has 0 aromatic heterocycles. The molecule has 1 aromatic rings. The number of nitrogens with zero attached hydrogens (tertiary/aromatic N) is 1. The summed E-state index contributed by atoms with van der Waals surface area (Å²) < 4.78 is 0. The standard InChI is InChI=1S/C19H34N2/c1-6-9-20-19(15-21(10-7-2)11-8-3)18-13-16(4)12-17(5)14-18/h12-14,19-20H,6-11,15H2,1-5H3. The highest BCUT2D eigenvalue weighted by Gasteiger charge is 2.15. The fraction of sp³-hybridized carbons (Fsp3) is 0.684. The normalized spacial score (nSPS) is 12.9. The number of rotatable bonds is 10. The van der Waals surface area contributed by atoms with Crippen molar-refractivity contribution in [3.8, 4) is 0 Å². The summed E-state index contributed by atoms with van der Waals surface area (Å²) >= 11 is 0. The minimum Gasteiger partial charge on any atom is -0.309 e. The first-order chi connectivity index (χ1) is 10.1. The van der Waals surface area contributed by atoms with E-state index in [9.17, 15) is 0 Å². The molecule has 1 aromatic carbocycles. The van der Waals surface area contributed by atoms with E-state index in [1.165, 1.54) is 49.0 Å². The first kappa shape index (κ1) is 18.2. The lowest BCUT2D eigenvalue weighted by molar-refractivity contribution is 0.243. The van der Waals surface area contributed by atoms with E-state index in [0.717, 1.165) is 13.1 Å². The van der Waals surface area contributed by atoms with Crippen LogP contribution < -0.4 is 5.32 Å². The summed E-state index contributed by atoms with van der Waals surface area (Å²) in [6, 6.07) is 7.39. The molecule has 0 bridgehead atoms. The van der Waals surface area contributed by atoms with Gasteiger partial charge < -0.3 is 10.2 Å². The van der Waals surface area contributed by atoms with Gasteiger partial charge in [0.15, 0.2) is 0 Å². The number of hydrogen-bond donors (Lipinski definition) is 1. The Bertz CT molecular complexity index is 374. The minimum atomic E-state index is 0.446. The van der Waals surface area contributed by atoms with Crippen molar-refractivity contribution in [1.29, 1.82) is 0 Å². The van der Waals surface area contributed by atoms with Crippen LogP contribution in [0.25, 0.3) is 0 Å². The van der Waals surface area contributed by atoms with Crippen molar-refractivity contribution in [2.45, 2.75) is 59.9 Å². The molecule has 0 aliphatic carbocycles. The SMILES string of the molecule is CCCNC(CN(CCC)CCC)c1cc(C)cc(C)c1. The fourth-order valence-corrected chi connectivity index (χ4v) is 3.00. The van der Waals surface area contributed by atoms with Crippen molar-refractivity contribution in [3.63, 3.8) is 0 Å². The van der Waals surface area contributed by atoms with E-state index in [1.54, 1.807) is 0 Å². The Hall–Kier alpha value is -0.860. The molecule has 21 heavy (non-hydrogen) atoms. The number of hydrogen-bond acceptors (Lipinski definition) is 2. The summed E-state index contributed by atoms with van der Waals surface area (Å²) in [5.41, 5.74) is 4.18. The third-order valence-electron chi connectivity index (χ3n) is 3.81. The monoisotopic (exact) mass is 290 g/mol. The van der Waals surface area contributed by atoms with Gasteiger partial charge in [-0.25, -0.2) is 0 Å². The molecule has 0 spiro atoms. The molecule has 1 atom stereocenters. The summed E-state index contributed by atoms with van der Waals surface area (Å²) in [6.07, 6.45) is 3.64. The number of nitrogens with one attached hydrogen (secondary N) is 1. The topological polar surface area (TPSA) is 15.3 Å². The molecule has 1 N–H and O–H groups in total. The van der Waals surface area contributed by atoms with Gasteiger partial charge in [0.2, 0.25) is 0 Å². The lowest BCUT2D eigenvalue weighted by atomic mass is 10.0. The maximum atomic E-state index is 3.75. The molecule has 0 aliphatic heterocycles. The minimum absolute atomic E-state index is 0.446. The van der Waals surface area contributed by atoms with Crippen LogP contribution in [0, 0.1) is 13.8 Å². The fourth-order valence-electron chi connectivity index (χ4n) is 3.00. The summed E-state index contributed by atoms with van der Waals surface area (Å²) in [5.74, 6) is 0. The zero-order valence-electron chi connectivity index (χ0n) is 14.7. The van der Waals surface area contributed by atoms with E-state index in [4.69, 9.17) is 0 Å². The molecule has 0 heterocycles. The van der Waals surface area contributed by atoms with E-state index in [-0.39, 0.29) is 0 Å². The van der Waals surface area contributed by atoms with E-state index in [0.29, 0.717) is 6.04 Å². The van der Waals surface area contributed by atoms with Crippen LogP contribution in [-0.4, -0.2) is 31.1 Å². The Morgan fingerprint density at radius 3 is 1.95 bits per heavy atom. The van der Waals surface area contributed by atoms with Crippen LogP contribution in [0.4, 0.5) is 0 Å². The Balaban J connectivity index is 2.87. The second kappa shape index (κ2) is 9.97. The highest BCUT2D eigenvalue weighted by molar-refractivity contribution is 5.31. The molecular formula is C19H34N2. The van der Waals surface area contributed by atoms with Gasteiger partial charge >= 0.3 is 0 Å². The Kier molecular flexibility index (Phi) is 8.63. The first-order valence-electron chi connectivity index (χ1n) is 8.64. The molecule has 2 nitrogen and oxygen atoms in total. The molecule has 0 saturated heterocycles. The molecule has 1 rings (SSSR count). The van der Waals surface area contributed by atoms with Crippen molar-refractivity contribution in [3.05, 3.63) is 34.9 Å². The zero-order chi connectivity index (χ0) is 15.7. The van der Waals surface area contributed by atoms with E-state index < -0.39 is 0 Å².